The lowest BCUT2D eigenvalue weighted by Crippen LogP contribution is -2.27. The van der Waals surface area contributed by atoms with E-state index >= 15 is 0 Å². The highest BCUT2D eigenvalue weighted by Gasteiger charge is 2.14. The Balaban J connectivity index is 1.62. The number of carbonyl (C=O) groups is 1. The minimum Gasteiger partial charge on any atom is -0.488 e. The van der Waals surface area contributed by atoms with Crippen LogP contribution in [0.4, 0.5) is 0 Å². The maximum atomic E-state index is 12.4. The van der Waals surface area contributed by atoms with Gasteiger partial charge in [-0.25, -0.2) is 4.98 Å². The van der Waals surface area contributed by atoms with Crippen molar-refractivity contribution < 1.29 is 14.1 Å². The largest absolute Gasteiger partial charge is 0.488 e. The van der Waals surface area contributed by atoms with E-state index in [4.69, 9.17) is 9.26 Å². The zero-order valence-electron chi connectivity index (χ0n) is 14.2. The van der Waals surface area contributed by atoms with Crippen LogP contribution in [0.15, 0.2) is 47.5 Å². The highest BCUT2D eigenvalue weighted by Crippen LogP contribution is 2.21. The molecule has 2 aromatic heterocycles. The van der Waals surface area contributed by atoms with Gasteiger partial charge in [0, 0.05) is 25.5 Å². The minimum atomic E-state index is -0.172. The summed E-state index contributed by atoms with van der Waals surface area (Å²) in [6.07, 6.45) is 5.28. The molecule has 0 aliphatic carbocycles. The molecule has 0 aliphatic rings. The monoisotopic (exact) mass is 340 g/mol. The van der Waals surface area contributed by atoms with Crippen molar-refractivity contribution in [2.45, 2.75) is 27.0 Å². The van der Waals surface area contributed by atoms with Gasteiger partial charge in [-0.2, -0.15) is 0 Å². The first kappa shape index (κ1) is 16.8. The Morgan fingerprint density at radius 2 is 2.16 bits per heavy atom. The summed E-state index contributed by atoms with van der Waals surface area (Å²) in [4.78, 5) is 16.4. The van der Waals surface area contributed by atoms with Crippen LogP contribution in [-0.2, 0) is 13.2 Å². The van der Waals surface area contributed by atoms with Crippen molar-refractivity contribution in [3.05, 3.63) is 65.6 Å². The third kappa shape index (κ3) is 4.06. The second-order valence-corrected chi connectivity index (χ2v) is 5.64. The molecule has 0 saturated carbocycles. The Morgan fingerprint density at radius 3 is 2.88 bits per heavy atom. The van der Waals surface area contributed by atoms with Crippen LogP contribution in [0.1, 0.15) is 27.4 Å². The van der Waals surface area contributed by atoms with Gasteiger partial charge in [-0.1, -0.05) is 17.3 Å². The summed E-state index contributed by atoms with van der Waals surface area (Å²) in [5, 5.41) is 6.80. The zero-order valence-corrected chi connectivity index (χ0v) is 14.2. The fourth-order valence-electron chi connectivity index (χ4n) is 2.45. The van der Waals surface area contributed by atoms with E-state index in [-0.39, 0.29) is 5.91 Å². The van der Waals surface area contributed by atoms with E-state index in [1.165, 1.54) is 0 Å². The Hall–Kier alpha value is -3.09. The number of ether oxygens (including phenoxy) is 1. The molecular formula is C18H20N4O3. The van der Waals surface area contributed by atoms with Gasteiger partial charge >= 0.3 is 0 Å². The van der Waals surface area contributed by atoms with Crippen molar-refractivity contribution in [3.8, 4) is 5.75 Å². The molecular weight excluding hydrogens is 320 g/mol. The van der Waals surface area contributed by atoms with E-state index in [0.29, 0.717) is 31.0 Å². The number of imidazole rings is 1. The topological polar surface area (TPSA) is 82.2 Å². The van der Waals surface area contributed by atoms with Gasteiger partial charge in [0.25, 0.3) is 5.91 Å². The number of benzene rings is 1. The number of carbonyl (C=O) groups excluding carboxylic acids is 1. The number of aromatic nitrogens is 3. The number of amides is 1. The molecule has 0 bridgehead atoms. The van der Waals surface area contributed by atoms with E-state index in [9.17, 15) is 4.79 Å². The lowest BCUT2D eigenvalue weighted by Gasteiger charge is -2.12. The number of aryl methyl sites for hydroxylation is 2. The van der Waals surface area contributed by atoms with Gasteiger partial charge in [0.15, 0.2) is 0 Å². The molecule has 0 aliphatic heterocycles. The minimum absolute atomic E-state index is 0.172. The van der Waals surface area contributed by atoms with Crippen molar-refractivity contribution >= 4 is 5.91 Å². The van der Waals surface area contributed by atoms with Gasteiger partial charge in [0.05, 0.1) is 23.1 Å². The predicted octanol–water partition coefficient (Wildman–Crippen LogP) is 2.50. The summed E-state index contributed by atoms with van der Waals surface area (Å²) < 4.78 is 12.9. The van der Waals surface area contributed by atoms with Gasteiger partial charge in [0.2, 0.25) is 0 Å². The number of hydrogen-bond acceptors (Lipinski definition) is 5. The molecule has 3 rings (SSSR count). The molecule has 130 valence electrons. The van der Waals surface area contributed by atoms with E-state index < -0.39 is 0 Å². The quantitative estimate of drug-likeness (QED) is 0.714. The van der Waals surface area contributed by atoms with Gasteiger partial charge in [-0.15, -0.1) is 0 Å². The summed E-state index contributed by atoms with van der Waals surface area (Å²) in [5.41, 5.74) is 2.19. The van der Waals surface area contributed by atoms with Crippen molar-refractivity contribution in [2.24, 2.45) is 0 Å². The molecule has 0 atom stereocenters. The molecule has 25 heavy (non-hydrogen) atoms. The third-order valence-electron chi connectivity index (χ3n) is 3.90. The summed E-state index contributed by atoms with van der Waals surface area (Å²) in [5.74, 6) is 1.08. The summed E-state index contributed by atoms with van der Waals surface area (Å²) in [6, 6.07) is 7.18. The first-order valence-electron chi connectivity index (χ1n) is 8.02. The molecule has 3 aromatic rings. The molecule has 7 heteroatoms. The number of rotatable bonds is 7. The van der Waals surface area contributed by atoms with Crippen LogP contribution < -0.4 is 10.1 Å². The van der Waals surface area contributed by atoms with Gasteiger partial charge in [-0.05, 0) is 26.0 Å². The predicted molar refractivity (Wildman–Crippen MR) is 91.3 cm³/mol. The second-order valence-electron chi connectivity index (χ2n) is 5.64. The lowest BCUT2D eigenvalue weighted by molar-refractivity contribution is 0.0948. The van der Waals surface area contributed by atoms with Crippen LogP contribution in [0, 0.1) is 13.8 Å². The third-order valence-corrected chi connectivity index (χ3v) is 3.90. The van der Waals surface area contributed by atoms with Crippen LogP contribution in [0.25, 0.3) is 0 Å². The van der Waals surface area contributed by atoms with Crippen LogP contribution in [0.3, 0.4) is 0 Å². The number of hydrogen-bond donors (Lipinski definition) is 1. The zero-order chi connectivity index (χ0) is 17.6. The average molecular weight is 340 g/mol. The van der Waals surface area contributed by atoms with E-state index in [1.807, 2.05) is 36.7 Å². The molecule has 2 heterocycles. The molecule has 0 unspecified atom stereocenters. The van der Waals surface area contributed by atoms with E-state index in [0.717, 1.165) is 17.0 Å². The van der Waals surface area contributed by atoms with Crippen molar-refractivity contribution in [1.29, 1.82) is 0 Å². The smallest absolute Gasteiger partial charge is 0.255 e. The van der Waals surface area contributed by atoms with Crippen molar-refractivity contribution in [2.75, 3.05) is 6.54 Å². The molecule has 7 nitrogen and oxygen atoms in total. The summed E-state index contributed by atoms with van der Waals surface area (Å²) in [6.45, 7) is 5.18. The summed E-state index contributed by atoms with van der Waals surface area (Å²) in [7, 11) is 0. The number of para-hydroxylation sites is 1. The fourth-order valence-corrected chi connectivity index (χ4v) is 2.45. The highest BCUT2D eigenvalue weighted by molar-refractivity contribution is 5.96. The van der Waals surface area contributed by atoms with Gasteiger partial charge in [0.1, 0.15) is 18.1 Å². The molecule has 0 fully saturated rings. The van der Waals surface area contributed by atoms with E-state index in [2.05, 4.69) is 15.5 Å². The second kappa shape index (κ2) is 7.65. The standard InChI is InChI=1S/C18H20N4O3/c1-13-16(14(2)25-21-13)11-24-17-6-4-3-5-15(17)18(23)20-8-10-22-9-7-19-12-22/h3-7,9,12H,8,10-11H2,1-2H3,(H,20,23). The van der Waals surface area contributed by atoms with Crippen molar-refractivity contribution in [3.63, 3.8) is 0 Å². The van der Waals surface area contributed by atoms with Crippen LogP contribution >= 0.6 is 0 Å². The molecule has 0 radical (unpaired) electrons. The Morgan fingerprint density at radius 1 is 1.32 bits per heavy atom. The summed E-state index contributed by atoms with van der Waals surface area (Å²) >= 11 is 0. The highest BCUT2D eigenvalue weighted by atomic mass is 16.5. The Labute approximate surface area is 145 Å². The first-order chi connectivity index (χ1) is 12.1. The Kier molecular flexibility index (Phi) is 5.13. The van der Waals surface area contributed by atoms with Crippen LogP contribution in [0.2, 0.25) is 0 Å². The van der Waals surface area contributed by atoms with Crippen LogP contribution in [-0.4, -0.2) is 27.2 Å². The van der Waals surface area contributed by atoms with Crippen molar-refractivity contribution in [1.82, 2.24) is 20.0 Å². The van der Waals surface area contributed by atoms with Gasteiger partial charge < -0.3 is 19.1 Å². The maximum Gasteiger partial charge on any atom is 0.255 e. The number of nitrogens with zero attached hydrogens (tertiary/aromatic N) is 3. The molecule has 1 aromatic carbocycles. The molecule has 1 amide bonds. The lowest BCUT2D eigenvalue weighted by atomic mass is 10.2. The molecule has 0 saturated heterocycles. The van der Waals surface area contributed by atoms with Gasteiger partial charge in [-0.3, -0.25) is 4.79 Å². The maximum absolute atomic E-state index is 12.4. The normalized spacial score (nSPS) is 10.6. The van der Waals surface area contributed by atoms with E-state index in [1.54, 1.807) is 24.7 Å². The Bertz CT molecular complexity index is 820. The molecule has 0 spiro atoms. The average Bonchev–Trinajstić information content (AvgIpc) is 3.24. The number of nitrogens with one attached hydrogen (secondary N) is 1. The van der Waals surface area contributed by atoms with Crippen LogP contribution in [0.5, 0.6) is 5.75 Å². The first-order valence-corrected chi connectivity index (χ1v) is 8.02. The molecule has 1 N–H and O–H groups in total. The fraction of sp³-hybridized carbons (Fsp3) is 0.278. The SMILES string of the molecule is Cc1noc(C)c1COc1ccccc1C(=O)NCCn1ccnc1.